The van der Waals surface area contributed by atoms with Crippen molar-refractivity contribution in [2.24, 2.45) is 14.1 Å². The van der Waals surface area contributed by atoms with Crippen LogP contribution in [0.15, 0.2) is 50.8 Å². The minimum Gasteiger partial charge on any atom is -0.281 e. The molecule has 1 aromatic carbocycles. The molecule has 0 unspecified atom stereocenters. The van der Waals surface area contributed by atoms with Gasteiger partial charge in [-0.2, -0.15) is 0 Å². The lowest BCUT2D eigenvalue weighted by atomic mass is 10.2. The molecule has 3 rings (SSSR count). The lowest BCUT2D eigenvalue weighted by Gasteiger charge is -2.14. The van der Waals surface area contributed by atoms with E-state index in [0.717, 1.165) is 4.57 Å². The highest BCUT2D eigenvalue weighted by molar-refractivity contribution is 6.35. The van der Waals surface area contributed by atoms with E-state index < -0.39 is 16.8 Å². The SMILES string of the molecule is Cn1c(=O)c2c(Cl)cc(=O)n(-c3ccccc3)c2n(C)c1=O. The molecule has 0 atom stereocenters. The minimum atomic E-state index is -0.534. The monoisotopic (exact) mass is 317 g/mol. The molecule has 0 aliphatic carbocycles. The van der Waals surface area contributed by atoms with Gasteiger partial charge >= 0.3 is 5.69 Å². The first-order chi connectivity index (χ1) is 10.4. The number of aryl methyl sites for hydroxylation is 1. The van der Waals surface area contributed by atoms with E-state index in [1.165, 1.54) is 29.3 Å². The first-order valence-corrected chi connectivity index (χ1v) is 6.88. The predicted molar refractivity (Wildman–Crippen MR) is 85.0 cm³/mol. The quantitative estimate of drug-likeness (QED) is 0.673. The Bertz CT molecular complexity index is 1060. The molecule has 0 saturated carbocycles. The van der Waals surface area contributed by atoms with Crippen LogP contribution in [0.4, 0.5) is 0 Å². The second kappa shape index (κ2) is 4.99. The number of pyridine rings is 1. The summed E-state index contributed by atoms with van der Waals surface area (Å²) in [4.78, 5) is 36.9. The number of nitrogens with zero attached hydrogens (tertiary/aromatic N) is 3. The second-order valence-corrected chi connectivity index (χ2v) is 5.31. The molecule has 0 aliphatic rings. The maximum absolute atomic E-state index is 12.4. The summed E-state index contributed by atoms with van der Waals surface area (Å²) in [6.07, 6.45) is 0. The summed E-state index contributed by atoms with van der Waals surface area (Å²) in [6, 6.07) is 9.96. The zero-order chi connectivity index (χ0) is 16.0. The van der Waals surface area contributed by atoms with Crippen molar-refractivity contribution >= 4 is 22.6 Å². The Hall–Kier alpha value is -2.60. The van der Waals surface area contributed by atoms with Crippen molar-refractivity contribution in [2.45, 2.75) is 0 Å². The van der Waals surface area contributed by atoms with Crippen LogP contribution in [0.3, 0.4) is 0 Å². The van der Waals surface area contributed by atoms with E-state index in [2.05, 4.69) is 0 Å². The molecule has 0 N–H and O–H groups in total. The van der Waals surface area contributed by atoms with Crippen LogP contribution >= 0.6 is 11.6 Å². The number of aromatic nitrogens is 3. The zero-order valence-corrected chi connectivity index (χ0v) is 12.7. The molecule has 7 heteroatoms. The number of benzene rings is 1. The van der Waals surface area contributed by atoms with E-state index in [9.17, 15) is 14.4 Å². The average molecular weight is 318 g/mol. The summed E-state index contributed by atoms with van der Waals surface area (Å²) in [5.74, 6) is 0. The van der Waals surface area contributed by atoms with E-state index >= 15 is 0 Å². The lowest BCUT2D eigenvalue weighted by Crippen LogP contribution is -2.39. The first kappa shape index (κ1) is 14.3. The molecule has 0 fully saturated rings. The second-order valence-electron chi connectivity index (χ2n) is 4.91. The Morgan fingerprint density at radius 2 is 1.59 bits per heavy atom. The lowest BCUT2D eigenvalue weighted by molar-refractivity contribution is 0.699. The Morgan fingerprint density at radius 1 is 0.955 bits per heavy atom. The Morgan fingerprint density at radius 3 is 2.23 bits per heavy atom. The van der Waals surface area contributed by atoms with E-state index in [-0.39, 0.29) is 16.1 Å². The van der Waals surface area contributed by atoms with Gasteiger partial charge in [0.25, 0.3) is 11.1 Å². The standard InChI is InChI=1S/C15H12ClN3O3/c1-17-13-12(14(21)18(2)15(17)22)10(16)8-11(20)19(13)9-6-4-3-5-7-9/h3-8H,1-2H3. The molecule has 112 valence electrons. The third-order valence-corrected chi connectivity index (χ3v) is 3.87. The van der Waals surface area contributed by atoms with Crippen LogP contribution in [0, 0.1) is 0 Å². The Labute approximate surface area is 129 Å². The fourth-order valence-electron chi connectivity index (χ4n) is 2.48. The largest absolute Gasteiger partial charge is 0.332 e. The van der Waals surface area contributed by atoms with Crippen LogP contribution in [0.2, 0.25) is 5.02 Å². The van der Waals surface area contributed by atoms with Crippen molar-refractivity contribution in [1.29, 1.82) is 0 Å². The smallest absolute Gasteiger partial charge is 0.281 e. The molecule has 0 amide bonds. The number of hydrogen-bond donors (Lipinski definition) is 0. The summed E-state index contributed by atoms with van der Waals surface area (Å²) >= 11 is 6.08. The normalized spacial score (nSPS) is 11.0. The van der Waals surface area contributed by atoms with Crippen molar-refractivity contribution in [1.82, 2.24) is 13.7 Å². The summed E-state index contributed by atoms with van der Waals surface area (Å²) in [6.45, 7) is 0. The van der Waals surface area contributed by atoms with Crippen molar-refractivity contribution in [3.8, 4) is 5.69 Å². The van der Waals surface area contributed by atoms with Gasteiger partial charge in [0.2, 0.25) is 0 Å². The van der Waals surface area contributed by atoms with Crippen LogP contribution in [-0.2, 0) is 14.1 Å². The number of para-hydroxylation sites is 1. The Kier molecular flexibility index (Phi) is 3.26. The zero-order valence-electron chi connectivity index (χ0n) is 11.9. The first-order valence-electron chi connectivity index (χ1n) is 6.50. The number of fused-ring (bicyclic) bond motifs is 1. The van der Waals surface area contributed by atoms with Crippen LogP contribution in [0.25, 0.3) is 16.7 Å². The highest BCUT2D eigenvalue weighted by Crippen LogP contribution is 2.19. The van der Waals surface area contributed by atoms with Gasteiger partial charge in [0.15, 0.2) is 0 Å². The number of rotatable bonds is 1. The van der Waals surface area contributed by atoms with Gasteiger partial charge < -0.3 is 0 Å². The molecule has 6 nitrogen and oxygen atoms in total. The molecule has 0 saturated heterocycles. The maximum atomic E-state index is 12.4. The van der Waals surface area contributed by atoms with Gasteiger partial charge in [0.05, 0.1) is 10.7 Å². The highest BCUT2D eigenvalue weighted by Gasteiger charge is 2.17. The molecule has 22 heavy (non-hydrogen) atoms. The van der Waals surface area contributed by atoms with E-state index in [1.807, 2.05) is 6.07 Å². The molecular weight excluding hydrogens is 306 g/mol. The summed E-state index contributed by atoms with van der Waals surface area (Å²) in [5.41, 5.74) is -0.738. The molecule has 2 aromatic heterocycles. The van der Waals surface area contributed by atoms with Crippen LogP contribution in [0.1, 0.15) is 0 Å². The maximum Gasteiger partial charge on any atom is 0.332 e. The Balaban J connectivity index is 2.69. The van der Waals surface area contributed by atoms with Crippen molar-refractivity contribution in [3.05, 3.63) is 72.6 Å². The minimum absolute atomic E-state index is 0.0309. The average Bonchev–Trinajstić information content (AvgIpc) is 2.51. The van der Waals surface area contributed by atoms with Crippen molar-refractivity contribution in [2.75, 3.05) is 0 Å². The summed E-state index contributed by atoms with van der Waals surface area (Å²) in [7, 11) is 2.87. The van der Waals surface area contributed by atoms with Gasteiger partial charge in [-0.05, 0) is 12.1 Å². The third-order valence-electron chi connectivity index (χ3n) is 3.57. The topological polar surface area (TPSA) is 66.0 Å². The molecule has 0 spiro atoms. The van der Waals surface area contributed by atoms with E-state index in [4.69, 9.17) is 11.6 Å². The molecule has 0 radical (unpaired) electrons. The molecule has 3 aromatic rings. The fourth-order valence-corrected chi connectivity index (χ4v) is 2.74. The molecule has 0 bridgehead atoms. The fraction of sp³-hybridized carbons (Fsp3) is 0.133. The van der Waals surface area contributed by atoms with Crippen LogP contribution in [0.5, 0.6) is 0 Å². The van der Waals surface area contributed by atoms with Crippen molar-refractivity contribution in [3.63, 3.8) is 0 Å². The summed E-state index contributed by atoms with van der Waals surface area (Å²) in [5, 5.41) is 0.165. The van der Waals surface area contributed by atoms with Gasteiger partial charge in [-0.3, -0.25) is 23.3 Å². The van der Waals surface area contributed by atoms with E-state index in [0.29, 0.717) is 5.69 Å². The van der Waals surface area contributed by atoms with Crippen LogP contribution < -0.4 is 16.8 Å². The predicted octanol–water partition coefficient (Wildman–Crippen LogP) is 1.04. The van der Waals surface area contributed by atoms with Crippen molar-refractivity contribution < 1.29 is 0 Å². The van der Waals surface area contributed by atoms with Gasteiger partial charge in [-0.25, -0.2) is 4.79 Å². The molecule has 0 aliphatic heterocycles. The highest BCUT2D eigenvalue weighted by atomic mass is 35.5. The molecule has 2 heterocycles. The van der Waals surface area contributed by atoms with Gasteiger partial charge in [0.1, 0.15) is 11.0 Å². The summed E-state index contributed by atoms with van der Waals surface area (Å²) < 4.78 is 3.52. The van der Waals surface area contributed by atoms with Gasteiger partial charge in [-0.1, -0.05) is 29.8 Å². The number of hydrogen-bond acceptors (Lipinski definition) is 3. The van der Waals surface area contributed by atoms with Gasteiger partial charge in [0, 0.05) is 20.2 Å². The van der Waals surface area contributed by atoms with Gasteiger partial charge in [-0.15, -0.1) is 0 Å². The van der Waals surface area contributed by atoms with Crippen LogP contribution in [-0.4, -0.2) is 13.7 Å². The molecular formula is C15H12ClN3O3. The third kappa shape index (κ3) is 1.92. The number of halogens is 1. The van der Waals surface area contributed by atoms with E-state index in [1.54, 1.807) is 24.3 Å².